The fourth-order valence-corrected chi connectivity index (χ4v) is 3.88. The zero-order valence-electron chi connectivity index (χ0n) is 15.3. The number of likely N-dealkylation sites (N-methyl/N-ethyl adjacent to an activating group) is 1. The second-order valence-electron chi connectivity index (χ2n) is 6.33. The van der Waals surface area contributed by atoms with E-state index >= 15 is 0 Å². The highest BCUT2D eigenvalue weighted by Crippen LogP contribution is 2.25. The van der Waals surface area contributed by atoms with Gasteiger partial charge < -0.3 is 19.1 Å². The standard InChI is InChI=1S/C18H23IN4O3/c1-4-22-11-13(18(25)26-5-2)15(24)12-10-14(19)17(20-16(12)22)23-8-6-21(3)7-9-23/h10-11H,4-9H2,1-3H3. The summed E-state index contributed by atoms with van der Waals surface area (Å²) in [4.78, 5) is 34.3. The third-order valence-electron chi connectivity index (χ3n) is 4.62. The van der Waals surface area contributed by atoms with Crippen LogP contribution in [0.4, 0.5) is 5.82 Å². The molecule has 2 aromatic heterocycles. The van der Waals surface area contributed by atoms with Crippen molar-refractivity contribution in [3.63, 3.8) is 0 Å². The molecule has 2 aromatic rings. The molecule has 0 saturated carbocycles. The Morgan fingerprint density at radius 2 is 1.96 bits per heavy atom. The highest BCUT2D eigenvalue weighted by Gasteiger charge is 2.22. The van der Waals surface area contributed by atoms with E-state index in [9.17, 15) is 9.59 Å². The van der Waals surface area contributed by atoms with Gasteiger partial charge in [-0.2, -0.15) is 0 Å². The molecule has 7 nitrogen and oxygen atoms in total. The number of carbonyl (C=O) groups excluding carboxylic acids is 1. The van der Waals surface area contributed by atoms with Crippen molar-refractivity contribution in [1.82, 2.24) is 14.5 Å². The van der Waals surface area contributed by atoms with Crippen LogP contribution in [0.2, 0.25) is 0 Å². The first-order chi connectivity index (χ1) is 12.5. The lowest BCUT2D eigenvalue weighted by atomic mass is 10.2. The number of carbonyl (C=O) groups is 1. The van der Waals surface area contributed by atoms with E-state index < -0.39 is 5.97 Å². The maximum absolute atomic E-state index is 12.8. The van der Waals surface area contributed by atoms with Crippen molar-refractivity contribution in [3.8, 4) is 0 Å². The molecule has 1 aliphatic rings. The molecule has 1 fully saturated rings. The van der Waals surface area contributed by atoms with Gasteiger partial charge in [0.25, 0.3) is 0 Å². The minimum absolute atomic E-state index is 0.0612. The normalized spacial score (nSPS) is 15.5. The van der Waals surface area contributed by atoms with Crippen LogP contribution in [0.25, 0.3) is 11.0 Å². The lowest BCUT2D eigenvalue weighted by Crippen LogP contribution is -2.45. The molecule has 1 saturated heterocycles. The topological polar surface area (TPSA) is 67.7 Å². The Hall–Kier alpha value is -1.68. The van der Waals surface area contributed by atoms with Gasteiger partial charge in [0.1, 0.15) is 17.0 Å². The molecule has 0 aliphatic carbocycles. The smallest absolute Gasteiger partial charge is 0.343 e. The predicted octanol–water partition coefficient (Wildman–Crippen LogP) is 1.95. The highest BCUT2D eigenvalue weighted by atomic mass is 127. The van der Waals surface area contributed by atoms with Crippen LogP contribution in [0.15, 0.2) is 17.1 Å². The zero-order chi connectivity index (χ0) is 18.8. The summed E-state index contributed by atoms with van der Waals surface area (Å²) in [5.41, 5.74) is 0.351. The molecule has 140 valence electrons. The van der Waals surface area contributed by atoms with Gasteiger partial charge >= 0.3 is 5.97 Å². The van der Waals surface area contributed by atoms with Crippen LogP contribution in [-0.4, -0.2) is 60.3 Å². The fourth-order valence-electron chi connectivity index (χ4n) is 3.11. The molecule has 0 spiro atoms. The van der Waals surface area contributed by atoms with Crippen LogP contribution < -0.4 is 10.3 Å². The van der Waals surface area contributed by atoms with Crippen LogP contribution in [0, 0.1) is 3.57 Å². The number of rotatable bonds is 4. The van der Waals surface area contributed by atoms with Gasteiger partial charge in [0.05, 0.1) is 15.6 Å². The molecule has 3 heterocycles. The average Bonchev–Trinajstić information content (AvgIpc) is 2.63. The Bertz CT molecular complexity index is 888. The van der Waals surface area contributed by atoms with Crippen LogP contribution in [0.1, 0.15) is 24.2 Å². The highest BCUT2D eigenvalue weighted by molar-refractivity contribution is 14.1. The maximum atomic E-state index is 12.8. The third kappa shape index (κ3) is 3.57. The van der Waals surface area contributed by atoms with Crippen molar-refractivity contribution in [3.05, 3.63) is 31.6 Å². The first kappa shape index (κ1) is 19.1. The number of fused-ring (bicyclic) bond motifs is 1. The number of nitrogens with zero attached hydrogens (tertiary/aromatic N) is 4. The SMILES string of the molecule is CCOC(=O)c1cn(CC)c2nc(N3CCN(C)CC3)c(I)cc2c1=O. The zero-order valence-corrected chi connectivity index (χ0v) is 17.4. The Labute approximate surface area is 166 Å². The largest absolute Gasteiger partial charge is 0.462 e. The lowest BCUT2D eigenvalue weighted by Gasteiger charge is -2.33. The first-order valence-electron chi connectivity index (χ1n) is 8.80. The number of halogens is 1. The van der Waals surface area contributed by atoms with E-state index in [4.69, 9.17) is 9.72 Å². The number of aromatic nitrogens is 2. The van der Waals surface area contributed by atoms with E-state index in [1.165, 1.54) is 0 Å². The predicted molar refractivity (Wildman–Crippen MR) is 110 cm³/mol. The molecule has 0 amide bonds. The molecule has 8 heteroatoms. The summed E-state index contributed by atoms with van der Waals surface area (Å²) in [6.45, 7) is 8.32. The lowest BCUT2D eigenvalue weighted by molar-refractivity contribution is 0.0524. The third-order valence-corrected chi connectivity index (χ3v) is 5.42. The van der Waals surface area contributed by atoms with E-state index in [1.54, 1.807) is 13.1 Å². The van der Waals surface area contributed by atoms with Crippen molar-refractivity contribution in [2.24, 2.45) is 0 Å². The van der Waals surface area contributed by atoms with E-state index in [-0.39, 0.29) is 17.6 Å². The second kappa shape index (κ2) is 7.91. The quantitative estimate of drug-likeness (QED) is 0.503. The molecule has 0 radical (unpaired) electrons. The second-order valence-corrected chi connectivity index (χ2v) is 7.50. The van der Waals surface area contributed by atoms with Gasteiger partial charge in [-0.15, -0.1) is 0 Å². The monoisotopic (exact) mass is 470 g/mol. The number of esters is 1. The van der Waals surface area contributed by atoms with E-state index in [0.29, 0.717) is 17.6 Å². The molecule has 1 aliphatic heterocycles. The minimum Gasteiger partial charge on any atom is -0.462 e. The minimum atomic E-state index is -0.584. The van der Waals surface area contributed by atoms with Crippen LogP contribution >= 0.6 is 22.6 Å². The van der Waals surface area contributed by atoms with Crippen LogP contribution in [-0.2, 0) is 11.3 Å². The van der Waals surface area contributed by atoms with Gasteiger partial charge in [0.2, 0.25) is 5.43 Å². The van der Waals surface area contributed by atoms with Gasteiger partial charge in [-0.3, -0.25) is 4.79 Å². The molecule has 0 atom stereocenters. The van der Waals surface area contributed by atoms with E-state index in [2.05, 4.69) is 39.4 Å². The number of anilines is 1. The van der Waals surface area contributed by atoms with Gasteiger partial charge in [0.15, 0.2) is 0 Å². The molecular formula is C18H23IN4O3. The van der Waals surface area contributed by atoms with Gasteiger partial charge in [-0.05, 0) is 49.6 Å². The number of hydrogen-bond acceptors (Lipinski definition) is 6. The Morgan fingerprint density at radius 3 is 2.58 bits per heavy atom. The van der Waals surface area contributed by atoms with Crippen molar-refractivity contribution in [2.45, 2.75) is 20.4 Å². The average molecular weight is 470 g/mol. The Balaban J connectivity index is 2.13. The number of pyridine rings is 2. The Morgan fingerprint density at radius 1 is 1.27 bits per heavy atom. The molecule has 26 heavy (non-hydrogen) atoms. The molecule has 0 bridgehead atoms. The van der Waals surface area contributed by atoms with Crippen molar-refractivity contribution >= 4 is 45.4 Å². The van der Waals surface area contributed by atoms with Gasteiger partial charge in [-0.1, -0.05) is 0 Å². The van der Waals surface area contributed by atoms with Crippen molar-refractivity contribution in [2.75, 3.05) is 44.7 Å². The van der Waals surface area contributed by atoms with Crippen LogP contribution in [0.3, 0.4) is 0 Å². The first-order valence-corrected chi connectivity index (χ1v) is 9.88. The maximum Gasteiger partial charge on any atom is 0.343 e. The number of hydrogen-bond donors (Lipinski definition) is 0. The summed E-state index contributed by atoms with van der Waals surface area (Å²) < 4.78 is 7.79. The molecule has 0 aromatic carbocycles. The fraction of sp³-hybridized carbons (Fsp3) is 0.500. The van der Waals surface area contributed by atoms with Gasteiger partial charge in [0, 0.05) is 38.9 Å². The Kier molecular flexibility index (Phi) is 5.81. The summed E-state index contributed by atoms with van der Waals surface area (Å²) in [5.74, 6) is 0.316. The summed E-state index contributed by atoms with van der Waals surface area (Å²) in [7, 11) is 2.11. The van der Waals surface area contributed by atoms with E-state index in [1.807, 2.05) is 17.6 Å². The number of aryl methyl sites for hydroxylation is 1. The van der Waals surface area contributed by atoms with Crippen molar-refractivity contribution in [1.29, 1.82) is 0 Å². The summed E-state index contributed by atoms with van der Waals surface area (Å²) in [6, 6.07) is 1.84. The summed E-state index contributed by atoms with van der Waals surface area (Å²) >= 11 is 2.22. The molecule has 3 rings (SSSR count). The summed E-state index contributed by atoms with van der Waals surface area (Å²) in [5, 5.41) is 0.458. The molecule has 0 unspecified atom stereocenters. The summed E-state index contributed by atoms with van der Waals surface area (Å²) in [6.07, 6.45) is 1.57. The van der Waals surface area contributed by atoms with E-state index in [0.717, 1.165) is 35.6 Å². The van der Waals surface area contributed by atoms with Crippen molar-refractivity contribution < 1.29 is 9.53 Å². The molecular weight excluding hydrogens is 447 g/mol. The van der Waals surface area contributed by atoms with Crippen LogP contribution in [0.5, 0.6) is 0 Å². The number of piperazine rings is 1. The van der Waals surface area contributed by atoms with Gasteiger partial charge in [-0.25, -0.2) is 9.78 Å². The number of ether oxygens (including phenoxy) is 1. The molecule has 0 N–H and O–H groups in total.